The fraction of sp³-hybridized carbons (Fsp3) is 0.500. The zero-order valence-corrected chi connectivity index (χ0v) is 15.5. The van der Waals surface area contributed by atoms with Gasteiger partial charge in [0.2, 0.25) is 0 Å². The monoisotopic (exact) mass is 339 g/mol. The molecule has 0 saturated carbocycles. The molecule has 0 unspecified atom stereocenters. The van der Waals surface area contributed by atoms with Crippen molar-refractivity contribution < 1.29 is 38.6 Å². The van der Waals surface area contributed by atoms with Crippen molar-refractivity contribution in [3.8, 4) is 0 Å². The van der Waals surface area contributed by atoms with Crippen LogP contribution < -0.4 is 12.4 Å². The first-order valence-corrected chi connectivity index (χ1v) is 5.91. The molecule has 18 heavy (non-hydrogen) atoms. The fourth-order valence-electron chi connectivity index (χ4n) is 1.70. The number of rotatable bonds is 0. The Kier molecular flexibility index (Phi) is 10.3. The molecule has 0 atom stereocenters. The normalized spacial score (nSPS) is 17.4. The molecule has 2 aliphatic carbocycles. The number of allylic oxidation sites excluding steroid dienone is 8. The zero-order valence-electron chi connectivity index (χ0n) is 12.3. The smallest absolute Gasteiger partial charge is 1.00 e. The van der Waals surface area contributed by atoms with Gasteiger partial charge in [-0.05, 0) is 0 Å². The molecule has 0 nitrogen and oxygen atoms in total. The van der Waals surface area contributed by atoms with E-state index in [4.69, 9.17) is 0 Å². The van der Waals surface area contributed by atoms with Gasteiger partial charge in [0.1, 0.15) is 0 Å². The third-order valence-corrected chi connectivity index (χ3v) is 3.64. The van der Waals surface area contributed by atoms with Gasteiger partial charge in [-0.25, -0.2) is 11.1 Å². The molecule has 0 aromatic heterocycles. The summed E-state index contributed by atoms with van der Waals surface area (Å²) in [7, 11) is 0. The van der Waals surface area contributed by atoms with Gasteiger partial charge in [0.25, 0.3) is 0 Å². The molecule has 2 rings (SSSR count). The second-order valence-corrected chi connectivity index (χ2v) is 4.77. The molecule has 0 saturated heterocycles. The standard InChI is InChI=1S/2C8H11.ClH.Zr/c2*1-6-4-5-7(2)8(6)3;;/h2*4H2,1-3H3;1H;/q2*-1;;+2/p-1. The van der Waals surface area contributed by atoms with Crippen LogP contribution in [0.5, 0.6) is 0 Å². The Bertz CT molecular complexity index is 358. The third-order valence-electron chi connectivity index (χ3n) is 3.64. The molecule has 2 heteroatoms. The minimum absolute atomic E-state index is 0. The van der Waals surface area contributed by atoms with Crippen LogP contribution in [-0.4, -0.2) is 0 Å². The Morgan fingerprint density at radius 2 is 0.944 bits per heavy atom. The van der Waals surface area contributed by atoms with Gasteiger partial charge in [-0.3, -0.25) is 12.2 Å². The number of hydrogen-bond donors (Lipinski definition) is 0. The quantitative estimate of drug-likeness (QED) is 0.591. The maximum Gasteiger partial charge on any atom is 2.00 e. The fourth-order valence-corrected chi connectivity index (χ4v) is 1.70. The number of hydrogen-bond acceptors (Lipinski definition) is 0. The molecule has 0 radical (unpaired) electrons. The van der Waals surface area contributed by atoms with Crippen LogP contribution in [0.4, 0.5) is 0 Å². The largest absolute Gasteiger partial charge is 2.00 e. The van der Waals surface area contributed by atoms with Crippen LogP contribution >= 0.6 is 0 Å². The van der Waals surface area contributed by atoms with Gasteiger partial charge in [0, 0.05) is 0 Å². The molecule has 0 bridgehead atoms. The second-order valence-electron chi connectivity index (χ2n) is 4.77. The molecule has 0 heterocycles. The van der Waals surface area contributed by atoms with Crippen LogP contribution in [0.25, 0.3) is 0 Å². The topological polar surface area (TPSA) is 0 Å². The summed E-state index contributed by atoms with van der Waals surface area (Å²) in [6, 6.07) is 0. The van der Waals surface area contributed by atoms with E-state index < -0.39 is 0 Å². The molecule has 0 N–H and O–H groups in total. The Morgan fingerprint density at radius 1 is 0.667 bits per heavy atom. The predicted octanol–water partition coefficient (Wildman–Crippen LogP) is 1.95. The first-order valence-electron chi connectivity index (χ1n) is 5.91. The van der Waals surface area contributed by atoms with Gasteiger partial charge in [0.15, 0.2) is 0 Å². The van der Waals surface area contributed by atoms with Crippen molar-refractivity contribution >= 4 is 0 Å². The van der Waals surface area contributed by atoms with Gasteiger partial charge in [-0.15, -0.1) is 26.7 Å². The summed E-state index contributed by atoms with van der Waals surface area (Å²) in [4.78, 5) is 0. The van der Waals surface area contributed by atoms with E-state index in [-0.39, 0.29) is 38.6 Å². The van der Waals surface area contributed by atoms with Gasteiger partial charge >= 0.3 is 26.2 Å². The predicted molar refractivity (Wildman–Crippen MR) is 70.8 cm³/mol. The summed E-state index contributed by atoms with van der Waals surface area (Å²) in [6.07, 6.45) is 8.63. The van der Waals surface area contributed by atoms with E-state index >= 15 is 0 Å². The third kappa shape index (κ3) is 5.41. The molecule has 0 aliphatic heterocycles. The SMILES string of the molecule is CC1=[C-]CC(C)=C1C.CC1=[C-]CC(C)=C1C.[Cl-].[Zr+2]. The van der Waals surface area contributed by atoms with Gasteiger partial charge < -0.3 is 12.4 Å². The van der Waals surface area contributed by atoms with E-state index in [0.717, 1.165) is 12.8 Å². The molecule has 0 fully saturated rings. The minimum Gasteiger partial charge on any atom is -1.00 e. The summed E-state index contributed by atoms with van der Waals surface area (Å²) in [5.41, 5.74) is 8.49. The van der Waals surface area contributed by atoms with Crippen LogP contribution in [-0.2, 0) is 26.2 Å². The summed E-state index contributed by atoms with van der Waals surface area (Å²) in [5.74, 6) is 0. The first-order chi connectivity index (χ1) is 7.43. The van der Waals surface area contributed by atoms with Crippen molar-refractivity contribution in [1.29, 1.82) is 0 Å². The van der Waals surface area contributed by atoms with Crippen molar-refractivity contribution in [2.24, 2.45) is 0 Å². The molecule has 0 spiro atoms. The van der Waals surface area contributed by atoms with E-state index in [1.807, 2.05) is 0 Å². The van der Waals surface area contributed by atoms with Crippen molar-refractivity contribution in [3.05, 3.63) is 45.6 Å². The average molecular weight is 341 g/mol. The summed E-state index contributed by atoms with van der Waals surface area (Å²) < 4.78 is 0. The van der Waals surface area contributed by atoms with E-state index in [2.05, 4.69) is 53.7 Å². The Balaban J connectivity index is 0. The minimum atomic E-state index is 0. The summed E-state index contributed by atoms with van der Waals surface area (Å²) >= 11 is 0. The molecule has 2 aliphatic rings. The van der Waals surface area contributed by atoms with Crippen molar-refractivity contribution in [2.45, 2.75) is 54.4 Å². The molecule has 98 valence electrons. The summed E-state index contributed by atoms with van der Waals surface area (Å²) in [5, 5.41) is 0. The molecule has 0 aromatic carbocycles. The van der Waals surface area contributed by atoms with Gasteiger partial charge in [0.05, 0.1) is 0 Å². The molecule has 0 aromatic rings. The van der Waals surface area contributed by atoms with Crippen LogP contribution in [0.2, 0.25) is 0 Å². The van der Waals surface area contributed by atoms with E-state index in [9.17, 15) is 0 Å². The van der Waals surface area contributed by atoms with Gasteiger partial charge in [-0.2, -0.15) is 22.3 Å². The average Bonchev–Trinajstić information content (AvgIpc) is 2.70. The maximum absolute atomic E-state index is 3.26. The van der Waals surface area contributed by atoms with E-state index in [1.165, 1.54) is 33.4 Å². The molecule has 0 amide bonds. The molecular formula is C16H22ClZr-. The molecular weight excluding hydrogens is 319 g/mol. The van der Waals surface area contributed by atoms with Gasteiger partial charge in [-0.1, -0.05) is 27.7 Å². The van der Waals surface area contributed by atoms with Crippen LogP contribution in [0.1, 0.15) is 54.4 Å². The first kappa shape index (κ1) is 20.5. The van der Waals surface area contributed by atoms with Crippen LogP contribution in [0.3, 0.4) is 0 Å². The Labute approximate surface area is 138 Å². The zero-order chi connectivity index (χ0) is 12.3. The van der Waals surface area contributed by atoms with Crippen LogP contribution in [0.15, 0.2) is 33.4 Å². The van der Waals surface area contributed by atoms with Crippen molar-refractivity contribution in [1.82, 2.24) is 0 Å². The van der Waals surface area contributed by atoms with E-state index in [1.54, 1.807) is 0 Å². The maximum atomic E-state index is 3.26. The van der Waals surface area contributed by atoms with Crippen LogP contribution in [0, 0.1) is 12.2 Å². The number of halogens is 1. The van der Waals surface area contributed by atoms with Crippen molar-refractivity contribution in [2.75, 3.05) is 0 Å². The Hall–Kier alpha value is 0.133. The van der Waals surface area contributed by atoms with Crippen molar-refractivity contribution in [3.63, 3.8) is 0 Å². The Morgan fingerprint density at radius 3 is 1.00 bits per heavy atom. The second kappa shape index (κ2) is 9.10. The van der Waals surface area contributed by atoms with E-state index in [0.29, 0.717) is 0 Å². The summed E-state index contributed by atoms with van der Waals surface area (Å²) in [6.45, 7) is 12.9.